The Kier molecular flexibility index (Phi) is 6.47. The topological polar surface area (TPSA) is 44.4 Å². The number of hydrogen-bond donors (Lipinski definition) is 2. The summed E-state index contributed by atoms with van der Waals surface area (Å²) in [6, 6.07) is 14.6. The number of halogens is 1. The molecule has 2 aromatic carbocycles. The fraction of sp³-hybridized carbons (Fsp3) is 0.381. The van der Waals surface area contributed by atoms with Gasteiger partial charge in [0, 0.05) is 44.0 Å². The van der Waals surface area contributed by atoms with Crippen molar-refractivity contribution < 1.29 is 9.18 Å². The largest absolute Gasteiger partial charge is 0.385 e. The van der Waals surface area contributed by atoms with Gasteiger partial charge in [0.15, 0.2) is 0 Å². The molecule has 1 heterocycles. The molecule has 1 saturated heterocycles. The standard InChI is InChI=1S/C21H26FN3O/c22-18-6-4-17(5-7-18)16-24-21(26)12-13-23-19-8-10-20(11-9-19)25-14-2-1-3-15-25/h4-11,23H,1-3,12-16H2,(H,24,26). The minimum absolute atomic E-state index is 0.0215. The van der Waals surface area contributed by atoms with Gasteiger partial charge in [-0.1, -0.05) is 12.1 Å². The monoisotopic (exact) mass is 355 g/mol. The highest BCUT2D eigenvalue weighted by atomic mass is 19.1. The molecule has 1 aliphatic rings. The number of hydrogen-bond acceptors (Lipinski definition) is 3. The van der Waals surface area contributed by atoms with Crippen molar-refractivity contribution in [1.29, 1.82) is 0 Å². The summed E-state index contributed by atoms with van der Waals surface area (Å²) in [7, 11) is 0. The molecule has 1 aliphatic heterocycles. The summed E-state index contributed by atoms with van der Waals surface area (Å²) in [5, 5.41) is 6.13. The van der Waals surface area contributed by atoms with Crippen LogP contribution in [0.2, 0.25) is 0 Å². The average Bonchev–Trinajstić information content (AvgIpc) is 2.69. The fourth-order valence-corrected chi connectivity index (χ4v) is 3.15. The van der Waals surface area contributed by atoms with Crippen LogP contribution in [0.3, 0.4) is 0 Å². The first kappa shape index (κ1) is 18.2. The number of carbonyl (C=O) groups is 1. The molecule has 5 heteroatoms. The lowest BCUT2D eigenvalue weighted by Gasteiger charge is -2.28. The van der Waals surface area contributed by atoms with Crippen LogP contribution in [0.4, 0.5) is 15.8 Å². The number of piperidine rings is 1. The molecule has 138 valence electrons. The van der Waals surface area contributed by atoms with Gasteiger partial charge >= 0.3 is 0 Å². The van der Waals surface area contributed by atoms with E-state index in [4.69, 9.17) is 0 Å². The van der Waals surface area contributed by atoms with Crippen LogP contribution in [0.1, 0.15) is 31.2 Å². The van der Waals surface area contributed by atoms with E-state index in [1.165, 1.54) is 37.1 Å². The van der Waals surface area contributed by atoms with Crippen LogP contribution in [-0.4, -0.2) is 25.5 Å². The number of rotatable bonds is 7. The lowest BCUT2D eigenvalue weighted by atomic mass is 10.1. The van der Waals surface area contributed by atoms with Crippen molar-refractivity contribution in [3.05, 3.63) is 59.9 Å². The average molecular weight is 355 g/mol. The van der Waals surface area contributed by atoms with Gasteiger partial charge in [-0.2, -0.15) is 0 Å². The molecule has 1 fully saturated rings. The van der Waals surface area contributed by atoms with E-state index in [1.54, 1.807) is 12.1 Å². The molecule has 0 aliphatic carbocycles. The van der Waals surface area contributed by atoms with Gasteiger partial charge in [-0.15, -0.1) is 0 Å². The maximum Gasteiger partial charge on any atom is 0.222 e. The van der Waals surface area contributed by atoms with E-state index >= 15 is 0 Å². The summed E-state index contributed by atoms with van der Waals surface area (Å²) in [5.74, 6) is -0.289. The van der Waals surface area contributed by atoms with Crippen molar-refractivity contribution in [2.24, 2.45) is 0 Å². The number of benzene rings is 2. The van der Waals surface area contributed by atoms with Gasteiger partial charge in [-0.3, -0.25) is 4.79 Å². The molecule has 2 aromatic rings. The Morgan fingerprint density at radius 1 is 0.962 bits per heavy atom. The highest BCUT2D eigenvalue weighted by Gasteiger charge is 2.10. The first-order chi connectivity index (χ1) is 12.7. The van der Waals surface area contributed by atoms with Gasteiger partial charge in [-0.25, -0.2) is 4.39 Å². The first-order valence-corrected chi connectivity index (χ1v) is 9.31. The Labute approximate surface area is 154 Å². The Morgan fingerprint density at radius 3 is 2.35 bits per heavy atom. The molecule has 1 amide bonds. The molecule has 2 N–H and O–H groups in total. The van der Waals surface area contributed by atoms with Gasteiger partial charge in [0.2, 0.25) is 5.91 Å². The second-order valence-electron chi connectivity index (χ2n) is 6.67. The molecule has 3 rings (SSSR count). The minimum Gasteiger partial charge on any atom is -0.385 e. The summed E-state index contributed by atoms with van der Waals surface area (Å²) in [5.41, 5.74) is 3.19. The predicted molar refractivity (Wildman–Crippen MR) is 104 cm³/mol. The van der Waals surface area contributed by atoms with Crippen molar-refractivity contribution in [3.63, 3.8) is 0 Å². The third-order valence-corrected chi connectivity index (χ3v) is 4.67. The second-order valence-corrected chi connectivity index (χ2v) is 6.67. The maximum atomic E-state index is 12.8. The third kappa shape index (κ3) is 5.48. The van der Waals surface area contributed by atoms with Gasteiger partial charge in [-0.05, 0) is 61.2 Å². The van der Waals surface area contributed by atoms with Gasteiger partial charge < -0.3 is 15.5 Å². The number of amides is 1. The van der Waals surface area contributed by atoms with Crippen LogP contribution in [0.5, 0.6) is 0 Å². The molecule has 0 unspecified atom stereocenters. The molecular weight excluding hydrogens is 329 g/mol. The first-order valence-electron chi connectivity index (χ1n) is 9.31. The Morgan fingerprint density at radius 2 is 1.65 bits per heavy atom. The summed E-state index contributed by atoms with van der Waals surface area (Å²) >= 11 is 0. The second kappa shape index (κ2) is 9.22. The zero-order chi connectivity index (χ0) is 18.2. The fourth-order valence-electron chi connectivity index (χ4n) is 3.15. The maximum absolute atomic E-state index is 12.8. The third-order valence-electron chi connectivity index (χ3n) is 4.67. The van der Waals surface area contributed by atoms with E-state index in [1.807, 2.05) is 0 Å². The number of nitrogens with zero attached hydrogens (tertiary/aromatic N) is 1. The summed E-state index contributed by atoms with van der Waals surface area (Å²) in [4.78, 5) is 14.3. The highest BCUT2D eigenvalue weighted by Crippen LogP contribution is 2.21. The van der Waals surface area contributed by atoms with E-state index in [9.17, 15) is 9.18 Å². The molecule has 0 bridgehead atoms. The van der Waals surface area contributed by atoms with E-state index < -0.39 is 0 Å². The van der Waals surface area contributed by atoms with E-state index in [0.717, 1.165) is 24.3 Å². The van der Waals surface area contributed by atoms with Crippen LogP contribution >= 0.6 is 0 Å². The number of nitrogens with one attached hydrogen (secondary N) is 2. The zero-order valence-electron chi connectivity index (χ0n) is 15.0. The summed E-state index contributed by atoms with van der Waals surface area (Å²) in [6.07, 6.45) is 4.27. The van der Waals surface area contributed by atoms with E-state index in [-0.39, 0.29) is 11.7 Å². The molecule has 0 spiro atoms. The molecule has 0 radical (unpaired) electrons. The lowest BCUT2D eigenvalue weighted by molar-refractivity contribution is -0.121. The quantitative estimate of drug-likeness (QED) is 0.791. The van der Waals surface area contributed by atoms with Gasteiger partial charge in [0.1, 0.15) is 5.82 Å². The van der Waals surface area contributed by atoms with Crippen molar-refractivity contribution in [2.45, 2.75) is 32.2 Å². The number of carbonyl (C=O) groups excluding carboxylic acids is 1. The van der Waals surface area contributed by atoms with Crippen LogP contribution in [0.15, 0.2) is 48.5 Å². The Bertz CT molecular complexity index is 694. The minimum atomic E-state index is -0.268. The zero-order valence-corrected chi connectivity index (χ0v) is 15.0. The van der Waals surface area contributed by atoms with Crippen molar-refractivity contribution in [3.8, 4) is 0 Å². The molecular formula is C21H26FN3O. The van der Waals surface area contributed by atoms with Crippen molar-refractivity contribution >= 4 is 17.3 Å². The molecule has 0 aromatic heterocycles. The smallest absolute Gasteiger partial charge is 0.222 e. The Hall–Kier alpha value is -2.56. The van der Waals surface area contributed by atoms with Gasteiger partial charge in [0.05, 0.1) is 0 Å². The highest BCUT2D eigenvalue weighted by molar-refractivity contribution is 5.76. The van der Waals surface area contributed by atoms with Gasteiger partial charge in [0.25, 0.3) is 0 Å². The van der Waals surface area contributed by atoms with Crippen molar-refractivity contribution in [2.75, 3.05) is 29.9 Å². The predicted octanol–water partition coefficient (Wildman–Crippen LogP) is 3.93. The lowest BCUT2D eigenvalue weighted by Crippen LogP contribution is -2.29. The van der Waals surface area contributed by atoms with Crippen LogP contribution in [-0.2, 0) is 11.3 Å². The molecule has 26 heavy (non-hydrogen) atoms. The van der Waals surface area contributed by atoms with E-state index in [2.05, 4.69) is 39.8 Å². The van der Waals surface area contributed by atoms with Crippen LogP contribution in [0, 0.1) is 5.82 Å². The Balaban J connectivity index is 1.37. The van der Waals surface area contributed by atoms with Crippen LogP contribution < -0.4 is 15.5 Å². The SMILES string of the molecule is O=C(CCNc1ccc(N2CCCCC2)cc1)NCc1ccc(F)cc1. The summed E-state index contributed by atoms with van der Waals surface area (Å²) in [6.45, 7) is 3.28. The molecule has 0 saturated carbocycles. The summed E-state index contributed by atoms with van der Waals surface area (Å²) < 4.78 is 12.8. The normalized spacial score (nSPS) is 14.1. The van der Waals surface area contributed by atoms with E-state index in [0.29, 0.717) is 19.5 Å². The van der Waals surface area contributed by atoms with Crippen LogP contribution in [0.25, 0.3) is 0 Å². The molecule has 0 atom stereocenters. The number of anilines is 2. The van der Waals surface area contributed by atoms with Crippen molar-refractivity contribution in [1.82, 2.24) is 5.32 Å². The molecule has 4 nitrogen and oxygen atoms in total.